The molecule has 0 aromatic heterocycles. The third-order valence-corrected chi connectivity index (χ3v) is 6.30. The fourth-order valence-corrected chi connectivity index (χ4v) is 4.33. The molecule has 4 aromatic rings. The monoisotopic (exact) mass is 487 g/mol. The zero-order chi connectivity index (χ0) is 24.9. The van der Waals surface area contributed by atoms with Crippen LogP contribution < -0.4 is 10.1 Å². The van der Waals surface area contributed by atoms with Crippen molar-refractivity contribution in [2.45, 2.75) is 39.5 Å². The molecule has 1 N–H and O–H groups in total. The summed E-state index contributed by atoms with van der Waals surface area (Å²) in [5.41, 5.74) is 4.65. The maximum Gasteiger partial charge on any atom is 0.339 e. The van der Waals surface area contributed by atoms with E-state index in [4.69, 9.17) is 21.1 Å². The molecule has 4 nitrogen and oxygen atoms in total. The van der Waals surface area contributed by atoms with Crippen molar-refractivity contribution in [2.24, 2.45) is 0 Å². The Labute approximate surface area is 211 Å². The lowest BCUT2D eigenvalue weighted by molar-refractivity contribution is 0.0378. The Balaban J connectivity index is 1.67. The van der Waals surface area contributed by atoms with E-state index in [1.54, 1.807) is 13.2 Å². The smallest absolute Gasteiger partial charge is 0.339 e. The van der Waals surface area contributed by atoms with Crippen LogP contribution in [0.1, 0.15) is 48.3 Å². The van der Waals surface area contributed by atoms with Crippen LogP contribution in [-0.4, -0.2) is 19.2 Å². The molecule has 0 radical (unpaired) electrons. The fraction of sp³-hybridized carbons (Fsp3) is 0.233. The number of hydrogen-bond donors (Lipinski definition) is 1. The summed E-state index contributed by atoms with van der Waals surface area (Å²) in [4.78, 5) is 12.6. The van der Waals surface area contributed by atoms with Gasteiger partial charge in [0, 0.05) is 12.6 Å². The van der Waals surface area contributed by atoms with E-state index in [0.29, 0.717) is 17.1 Å². The standard InChI is InChI=1S/C30H30ClNO3/c1-19(2)35-30(33)28-17-24(12-13-29(28)31)27-15-21(14-23-8-5-6-11-26(23)27)18-32-20(3)22-9-7-10-25(16-22)34-4/h5-17,19-20,32H,18H2,1-4H3. The Morgan fingerprint density at radius 2 is 1.74 bits per heavy atom. The van der Waals surface area contributed by atoms with Gasteiger partial charge in [0.2, 0.25) is 0 Å². The van der Waals surface area contributed by atoms with E-state index in [-0.39, 0.29) is 12.1 Å². The number of fused-ring (bicyclic) bond motifs is 1. The minimum atomic E-state index is -0.416. The van der Waals surface area contributed by atoms with Gasteiger partial charge in [0.25, 0.3) is 0 Å². The van der Waals surface area contributed by atoms with Gasteiger partial charge >= 0.3 is 5.97 Å². The highest BCUT2D eigenvalue weighted by atomic mass is 35.5. The third-order valence-electron chi connectivity index (χ3n) is 5.97. The highest BCUT2D eigenvalue weighted by Crippen LogP contribution is 2.33. The number of ether oxygens (including phenoxy) is 2. The van der Waals surface area contributed by atoms with Crippen LogP contribution in [0, 0.1) is 0 Å². The normalized spacial score (nSPS) is 12.1. The van der Waals surface area contributed by atoms with Crippen LogP contribution >= 0.6 is 11.6 Å². The van der Waals surface area contributed by atoms with Crippen molar-refractivity contribution in [1.82, 2.24) is 5.32 Å². The van der Waals surface area contributed by atoms with Gasteiger partial charge in [-0.2, -0.15) is 0 Å². The SMILES string of the molecule is COc1cccc(C(C)NCc2cc(-c3ccc(Cl)c(C(=O)OC(C)C)c3)c3ccccc3c2)c1. The molecular weight excluding hydrogens is 458 g/mol. The van der Waals surface area contributed by atoms with Crippen molar-refractivity contribution in [3.8, 4) is 16.9 Å². The first-order valence-corrected chi connectivity index (χ1v) is 12.1. The van der Waals surface area contributed by atoms with Gasteiger partial charge in [-0.3, -0.25) is 0 Å². The predicted molar refractivity (Wildman–Crippen MR) is 143 cm³/mol. The quantitative estimate of drug-likeness (QED) is 0.260. The Hall–Kier alpha value is -3.34. The Morgan fingerprint density at radius 1 is 0.943 bits per heavy atom. The number of halogens is 1. The topological polar surface area (TPSA) is 47.6 Å². The number of methoxy groups -OCH3 is 1. The molecule has 0 amide bonds. The van der Waals surface area contributed by atoms with E-state index in [2.05, 4.69) is 48.6 Å². The average molecular weight is 488 g/mol. The van der Waals surface area contributed by atoms with E-state index < -0.39 is 5.97 Å². The Kier molecular flexibility index (Phi) is 7.74. The van der Waals surface area contributed by atoms with Crippen molar-refractivity contribution < 1.29 is 14.3 Å². The molecule has 5 heteroatoms. The molecule has 0 aliphatic rings. The lowest BCUT2D eigenvalue weighted by Crippen LogP contribution is -2.18. The number of benzene rings is 4. The Morgan fingerprint density at radius 3 is 2.51 bits per heavy atom. The van der Waals surface area contributed by atoms with Gasteiger partial charge in [-0.25, -0.2) is 4.79 Å². The summed E-state index contributed by atoms with van der Waals surface area (Å²) < 4.78 is 10.8. The van der Waals surface area contributed by atoms with E-state index in [1.165, 1.54) is 0 Å². The highest BCUT2D eigenvalue weighted by Gasteiger charge is 2.16. The molecule has 1 unspecified atom stereocenters. The third kappa shape index (κ3) is 5.84. The molecule has 180 valence electrons. The Bertz CT molecular complexity index is 1350. The van der Waals surface area contributed by atoms with Gasteiger partial charge in [-0.1, -0.05) is 54.1 Å². The summed E-state index contributed by atoms with van der Waals surface area (Å²) in [6.45, 7) is 6.48. The lowest BCUT2D eigenvalue weighted by atomic mass is 9.94. The average Bonchev–Trinajstić information content (AvgIpc) is 2.86. The molecule has 1 atom stereocenters. The molecule has 0 saturated heterocycles. The van der Waals surface area contributed by atoms with Crippen molar-refractivity contribution in [2.75, 3.05) is 7.11 Å². The van der Waals surface area contributed by atoms with Crippen molar-refractivity contribution in [1.29, 1.82) is 0 Å². The molecule has 0 aliphatic heterocycles. The van der Waals surface area contributed by atoms with E-state index in [9.17, 15) is 4.79 Å². The first kappa shape index (κ1) is 24.8. The molecule has 0 bridgehead atoms. The van der Waals surface area contributed by atoms with Crippen LogP contribution in [0.4, 0.5) is 0 Å². The van der Waals surface area contributed by atoms with E-state index >= 15 is 0 Å². The van der Waals surface area contributed by atoms with Gasteiger partial charge in [0.05, 0.1) is 23.8 Å². The number of esters is 1. The van der Waals surface area contributed by atoms with Gasteiger partial charge in [-0.05, 0) is 90.2 Å². The molecule has 0 spiro atoms. The highest BCUT2D eigenvalue weighted by molar-refractivity contribution is 6.33. The van der Waals surface area contributed by atoms with Crippen molar-refractivity contribution in [3.63, 3.8) is 0 Å². The van der Waals surface area contributed by atoms with Crippen LogP contribution in [0.3, 0.4) is 0 Å². The molecule has 0 fully saturated rings. The van der Waals surface area contributed by atoms with Crippen molar-refractivity contribution in [3.05, 3.63) is 101 Å². The van der Waals surface area contributed by atoms with Crippen LogP contribution in [-0.2, 0) is 11.3 Å². The largest absolute Gasteiger partial charge is 0.497 e. The number of rotatable bonds is 8. The molecule has 0 saturated carbocycles. The molecule has 0 heterocycles. The zero-order valence-corrected chi connectivity index (χ0v) is 21.2. The first-order chi connectivity index (χ1) is 16.9. The minimum Gasteiger partial charge on any atom is -0.497 e. The van der Waals surface area contributed by atoms with Crippen LogP contribution in [0.5, 0.6) is 5.75 Å². The number of carbonyl (C=O) groups is 1. The van der Waals surface area contributed by atoms with Gasteiger partial charge in [0.1, 0.15) is 5.75 Å². The van der Waals surface area contributed by atoms with Crippen molar-refractivity contribution >= 4 is 28.3 Å². The summed E-state index contributed by atoms with van der Waals surface area (Å²) in [6, 6.07) is 26.4. The molecular formula is C30H30ClNO3. The number of hydrogen-bond acceptors (Lipinski definition) is 4. The molecule has 0 aliphatic carbocycles. The number of nitrogens with one attached hydrogen (secondary N) is 1. The zero-order valence-electron chi connectivity index (χ0n) is 20.5. The summed E-state index contributed by atoms with van der Waals surface area (Å²) in [6.07, 6.45) is -0.218. The van der Waals surface area contributed by atoms with Gasteiger partial charge in [-0.15, -0.1) is 0 Å². The summed E-state index contributed by atoms with van der Waals surface area (Å²) in [7, 11) is 1.68. The minimum absolute atomic E-state index is 0.146. The summed E-state index contributed by atoms with van der Waals surface area (Å²) in [5, 5.41) is 6.25. The lowest BCUT2D eigenvalue weighted by Gasteiger charge is -2.17. The second-order valence-electron chi connectivity index (χ2n) is 8.89. The summed E-state index contributed by atoms with van der Waals surface area (Å²) >= 11 is 6.36. The summed E-state index contributed by atoms with van der Waals surface area (Å²) in [5.74, 6) is 0.430. The van der Waals surface area contributed by atoms with E-state index in [0.717, 1.165) is 38.8 Å². The second kappa shape index (κ2) is 10.9. The first-order valence-electron chi connectivity index (χ1n) is 11.8. The molecule has 4 aromatic carbocycles. The maximum absolute atomic E-state index is 12.6. The maximum atomic E-state index is 12.6. The molecule has 35 heavy (non-hydrogen) atoms. The number of carbonyl (C=O) groups excluding carboxylic acids is 1. The fourth-order valence-electron chi connectivity index (χ4n) is 4.14. The van der Waals surface area contributed by atoms with Crippen LogP contribution in [0.2, 0.25) is 5.02 Å². The van der Waals surface area contributed by atoms with Gasteiger partial charge in [0.15, 0.2) is 0 Å². The molecule has 4 rings (SSSR count). The van der Waals surface area contributed by atoms with E-state index in [1.807, 2.05) is 50.2 Å². The van der Waals surface area contributed by atoms with Crippen LogP contribution in [0.15, 0.2) is 78.9 Å². The van der Waals surface area contributed by atoms with Crippen LogP contribution in [0.25, 0.3) is 21.9 Å². The predicted octanol–water partition coefficient (Wildman–Crippen LogP) is 7.58. The second-order valence-corrected chi connectivity index (χ2v) is 9.30. The van der Waals surface area contributed by atoms with Gasteiger partial charge < -0.3 is 14.8 Å².